The van der Waals surface area contributed by atoms with Gasteiger partial charge in [0, 0.05) is 0 Å². The van der Waals surface area contributed by atoms with Gasteiger partial charge in [-0.3, -0.25) is 0 Å². The summed E-state index contributed by atoms with van der Waals surface area (Å²) in [4.78, 5) is 11.7. The Labute approximate surface area is 165 Å². The summed E-state index contributed by atoms with van der Waals surface area (Å²) in [5.41, 5.74) is -3.32. The molecule has 29 heavy (non-hydrogen) atoms. The SMILES string of the molecule is CC(C)(C)[Si](C)(C)OC[C@@H]1NC(=O)O[C@@H]1c1cc(C(F)(F)F)cc(C(F)(F)F)c1. The third-order valence-electron chi connectivity index (χ3n) is 5.27. The van der Waals surface area contributed by atoms with Crippen molar-refractivity contribution >= 4 is 14.4 Å². The van der Waals surface area contributed by atoms with Crippen molar-refractivity contribution in [3.8, 4) is 0 Å². The van der Waals surface area contributed by atoms with Crippen molar-refractivity contribution in [1.29, 1.82) is 0 Å². The molecule has 1 aromatic carbocycles. The van der Waals surface area contributed by atoms with Crippen LogP contribution < -0.4 is 5.32 Å². The van der Waals surface area contributed by atoms with Gasteiger partial charge in [-0.1, -0.05) is 20.8 Å². The Hall–Kier alpha value is -1.75. The van der Waals surface area contributed by atoms with E-state index in [1.807, 2.05) is 33.9 Å². The third-order valence-corrected chi connectivity index (χ3v) is 9.77. The van der Waals surface area contributed by atoms with E-state index in [1.54, 1.807) is 0 Å². The molecule has 0 aliphatic carbocycles. The maximum atomic E-state index is 13.1. The Kier molecular flexibility index (Phi) is 6.08. The Morgan fingerprint density at radius 3 is 1.90 bits per heavy atom. The summed E-state index contributed by atoms with van der Waals surface area (Å²) in [7, 11) is -2.27. The van der Waals surface area contributed by atoms with Crippen LogP contribution in [0.2, 0.25) is 18.1 Å². The minimum atomic E-state index is -4.99. The van der Waals surface area contributed by atoms with Crippen LogP contribution in [0.1, 0.15) is 43.6 Å². The van der Waals surface area contributed by atoms with Crippen LogP contribution in [-0.2, 0) is 21.5 Å². The van der Waals surface area contributed by atoms with E-state index in [1.165, 1.54) is 0 Å². The minimum Gasteiger partial charge on any atom is -0.439 e. The molecular formula is C18H23F6NO3Si. The van der Waals surface area contributed by atoms with E-state index in [2.05, 4.69) is 5.32 Å². The van der Waals surface area contributed by atoms with Crippen molar-refractivity contribution in [2.45, 2.75) is 63.4 Å². The van der Waals surface area contributed by atoms with E-state index in [9.17, 15) is 31.1 Å². The number of rotatable bonds is 4. The fourth-order valence-electron chi connectivity index (χ4n) is 2.55. The quantitative estimate of drug-likeness (QED) is 0.466. The monoisotopic (exact) mass is 443 g/mol. The molecule has 0 aromatic heterocycles. The Bertz CT molecular complexity index is 738. The van der Waals surface area contributed by atoms with Gasteiger partial charge in [0.1, 0.15) is 0 Å². The highest BCUT2D eigenvalue weighted by molar-refractivity contribution is 6.74. The number of ether oxygens (including phenoxy) is 1. The highest BCUT2D eigenvalue weighted by atomic mass is 28.4. The van der Waals surface area contributed by atoms with Gasteiger partial charge in [0.2, 0.25) is 0 Å². The molecule has 1 saturated heterocycles. The predicted molar refractivity (Wildman–Crippen MR) is 95.7 cm³/mol. The van der Waals surface area contributed by atoms with Crippen LogP contribution >= 0.6 is 0 Å². The summed E-state index contributed by atoms with van der Waals surface area (Å²) in [6.07, 6.45) is -12.2. The van der Waals surface area contributed by atoms with E-state index in [0.29, 0.717) is 12.1 Å². The molecule has 1 amide bonds. The molecule has 0 unspecified atom stereocenters. The topological polar surface area (TPSA) is 47.6 Å². The number of cyclic esters (lactones) is 1. The van der Waals surface area contributed by atoms with Gasteiger partial charge < -0.3 is 14.5 Å². The number of amides is 1. The number of alkyl carbamates (subject to hydrolysis) is 1. The van der Waals surface area contributed by atoms with Gasteiger partial charge in [0.25, 0.3) is 0 Å². The number of benzene rings is 1. The van der Waals surface area contributed by atoms with Crippen molar-refractivity contribution in [2.75, 3.05) is 6.61 Å². The zero-order valence-electron chi connectivity index (χ0n) is 16.6. The smallest absolute Gasteiger partial charge is 0.416 e. The fourth-order valence-corrected chi connectivity index (χ4v) is 3.58. The van der Waals surface area contributed by atoms with E-state index in [-0.39, 0.29) is 17.7 Å². The molecule has 0 spiro atoms. The lowest BCUT2D eigenvalue weighted by molar-refractivity contribution is -0.143. The third kappa shape index (κ3) is 5.44. The molecule has 0 bridgehead atoms. The molecule has 11 heteroatoms. The van der Waals surface area contributed by atoms with Crippen LogP contribution in [0.3, 0.4) is 0 Å². The highest BCUT2D eigenvalue weighted by Gasteiger charge is 2.43. The molecule has 1 aliphatic rings. The number of hydrogen-bond acceptors (Lipinski definition) is 3. The Morgan fingerprint density at radius 1 is 1.00 bits per heavy atom. The van der Waals surface area contributed by atoms with Crippen LogP contribution in [0.5, 0.6) is 0 Å². The van der Waals surface area contributed by atoms with Crippen molar-refractivity contribution in [2.24, 2.45) is 0 Å². The van der Waals surface area contributed by atoms with Crippen molar-refractivity contribution < 1.29 is 40.3 Å². The largest absolute Gasteiger partial charge is 0.439 e. The number of nitrogens with one attached hydrogen (secondary N) is 1. The van der Waals surface area contributed by atoms with Gasteiger partial charge in [0.15, 0.2) is 14.4 Å². The highest BCUT2D eigenvalue weighted by Crippen LogP contribution is 2.40. The summed E-state index contributed by atoms with van der Waals surface area (Å²) in [6.45, 7) is 9.70. The molecule has 1 fully saturated rings. The second kappa shape index (κ2) is 7.49. The number of halogens is 6. The second-order valence-electron chi connectivity index (χ2n) is 8.49. The Morgan fingerprint density at radius 2 is 1.48 bits per heavy atom. The number of hydrogen-bond donors (Lipinski definition) is 1. The lowest BCUT2D eigenvalue weighted by Gasteiger charge is -2.37. The zero-order valence-corrected chi connectivity index (χ0v) is 17.6. The molecular weight excluding hydrogens is 420 g/mol. The first-order valence-electron chi connectivity index (χ1n) is 8.82. The molecule has 0 saturated carbocycles. The summed E-state index contributed by atoms with van der Waals surface area (Å²) < 4.78 is 89.7. The predicted octanol–water partition coefficient (Wildman–Crippen LogP) is 5.90. The molecule has 1 heterocycles. The second-order valence-corrected chi connectivity index (χ2v) is 13.3. The maximum Gasteiger partial charge on any atom is 0.416 e. The maximum absolute atomic E-state index is 13.1. The molecule has 1 aliphatic heterocycles. The van der Waals surface area contributed by atoms with Crippen molar-refractivity contribution in [3.05, 3.63) is 34.9 Å². The average molecular weight is 443 g/mol. The van der Waals surface area contributed by atoms with Crippen LogP contribution in [0, 0.1) is 0 Å². The van der Waals surface area contributed by atoms with Crippen molar-refractivity contribution in [1.82, 2.24) is 5.32 Å². The summed E-state index contributed by atoms with van der Waals surface area (Å²) >= 11 is 0. The van der Waals surface area contributed by atoms with Gasteiger partial charge >= 0.3 is 18.4 Å². The molecule has 4 nitrogen and oxygen atoms in total. The average Bonchev–Trinajstić information content (AvgIpc) is 2.91. The van der Waals surface area contributed by atoms with Crippen LogP contribution in [0.25, 0.3) is 0 Å². The number of carbonyl (C=O) groups excluding carboxylic acids is 1. The van der Waals surface area contributed by atoms with E-state index in [4.69, 9.17) is 9.16 Å². The Balaban J connectivity index is 2.39. The summed E-state index contributed by atoms with van der Waals surface area (Å²) in [5.74, 6) is 0. The first kappa shape index (κ1) is 23.5. The van der Waals surface area contributed by atoms with Gasteiger partial charge in [-0.05, 0) is 41.9 Å². The van der Waals surface area contributed by atoms with E-state index >= 15 is 0 Å². The van der Waals surface area contributed by atoms with Crippen LogP contribution in [-0.4, -0.2) is 27.1 Å². The van der Waals surface area contributed by atoms with Crippen LogP contribution in [0.15, 0.2) is 18.2 Å². The molecule has 1 N–H and O–H groups in total. The molecule has 0 radical (unpaired) electrons. The first-order chi connectivity index (χ1) is 12.9. The molecule has 164 valence electrons. The van der Waals surface area contributed by atoms with E-state index < -0.39 is 55.6 Å². The summed E-state index contributed by atoms with van der Waals surface area (Å²) in [5, 5.41) is 2.24. The molecule has 2 atom stereocenters. The van der Waals surface area contributed by atoms with E-state index in [0.717, 1.165) is 0 Å². The molecule has 2 rings (SSSR count). The molecule has 1 aromatic rings. The number of carbonyl (C=O) groups is 1. The lowest BCUT2D eigenvalue weighted by Crippen LogP contribution is -2.45. The summed E-state index contributed by atoms with van der Waals surface area (Å²) in [6, 6.07) is 0.259. The van der Waals surface area contributed by atoms with Gasteiger partial charge in [-0.25, -0.2) is 4.79 Å². The van der Waals surface area contributed by atoms with Gasteiger partial charge in [0.05, 0.1) is 23.8 Å². The fraction of sp³-hybridized carbons (Fsp3) is 0.611. The van der Waals surface area contributed by atoms with Gasteiger partial charge in [-0.15, -0.1) is 0 Å². The van der Waals surface area contributed by atoms with Crippen molar-refractivity contribution in [3.63, 3.8) is 0 Å². The van der Waals surface area contributed by atoms with Gasteiger partial charge in [-0.2, -0.15) is 26.3 Å². The van der Waals surface area contributed by atoms with Crippen LogP contribution in [0.4, 0.5) is 31.1 Å². The first-order valence-corrected chi connectivity index (χ1v) is 11.7. The zero-order chi connectivity index (χ0) is 22.4. The standard InChI is InChI=1S/C18H23F6NO3Si/c1-16(2,3)29(4,5)27-9-13-14(28-15(26)25-13)10-6-11(17(19,20)21)8-12(7-10)18(22,23)24/h6-8,13-14H,9H2,1-5H3,(H,25,26)/t13-,14+/m0/s1. The number of alkyl halides is 6. The lowest BCUT2D eigenvalue weighted by atomic mass is 9.97. The minimum absolute atomic E-state index is 0.0365. The normalized spacial score (nSPS) is 21.1.